The molecule has 0 spiro atoms. The second-order valence-corrected chi connectivity index (χ2v) is 11.2. The van der Waals surface area contributed by atoms with Gasteiger partial charge in [-0.05, 0) is 6.42 Å². The van der Waals surface area contributed by atoms with Gasteiger partial charge >= 0.3 is 0 Å². The van der Waals surface area contributed by atoms with E-state index in [9.17, 15) is 19.4 Å². The van der Waals surface area contributed by atoms with E-state index in [2.05, 4.69) is 12.2 Å². The quantitative estimate of drug-likeness (QED) is 0.147. The molecule has 0 radical (unpaired) electrons. The number of hydrogen-bond acceptors (Lipinski definition) is 6. The number of unbranched alkanes of at least 4 members (excludes halogenated alkanes) is 10. The van der Waals surface area contributed by atoms with Crippen LogP contribution in [0.5, 0.6) is 0 Å². The summed E-state index contributed by atoms with van der Waals surface area (Å²) in [4.78, 5) is 23.4. The molecule has 1 amide bonds. The van der Waals surface area contributed by atoms with E-state index in [-0.39, 0.29) is 19.1 Å². The Bertz CT molecular complexity index is 527. The molecule has 3 unspecified atom stereocenters. The summed E-state index contributed by atoms with van der Waals surface area (Å²) in [6, 6.07) is -0.792. The van der Waals surface area contributed by atoms with Crippen molar-refractivity contribution in [2.45, 2.75) is 103 Å². The monoisotopic (exact) mass is 480 g/mol. The van der Waals surface area contributed by atoms with E-state index in [1.807, 2.05) is 21.1 Å². The molecule has 0 aromatic carbocycles. The third kappa shape index (κ3) is 20.1. The normalized spacial score (nSPS) is 15.8. The summed E-state index contributed by atoms with van der Waals surface area (Å²) in [5.41, 5.74) is 0. The van der Waals surface area contributed by atoms with Gasteiger partial charge in [0, 0.05) is 6.92 Å². The maximum absolute atomic E-state index is 12.0. The van der Waals surface area contributed by atoms with Gasteiger partial charge in [-0.3, -0.25) is 9.36 Å². The molecule has 0 heterocycles. The fourth-order valence-corrected chi connectivity index (χ4v) is 4.09. The Morgan fingerprint density at radius 3 is 1.94 bits per heavy atom. The van der Waals surface area contributed by atoms with E-state index >= 15 is 0 Å². The first kappa shape index (κ1) is 31.5. The van der Waals surface area contributed by atoms with Gasteiger partial charge in [0.25, 0.3) is 7.82 Å². The number of nitrogens with zero attached hydrogens (tertiary/aromatic N) is 1. The van der Waals surface area contributed by atoms with Crippen LogP contribution in [-0.2, 0) is 18.4 Å². The molecule has 2 N–H and O–H groups in total. The summed E-state index contributed by atoms with van der Waals surface area (Å²) in [7, 11) is 1.29. The minimum atomic E-state index is -4.49. The predicted molar refractivity (Wildman–Crippen MR) is 127 cm³/mol. The number of aliphatic hydroxyl groups is 1. The molecule has 192 valence electrons. The Hall–Kier alpha value is -0.500. The second kappa shape index (κ2) is 17.9. The van der Waals surface area contributed by atoms with Gasteiger partial charge in [-0.1, -0.05) is 77.6 Å². The van der Waals surface area contributed by atoms with Crippen LogP contribution in [0.25, 0.3) is 0 Å². The maximum atomic E-state index is 12.0. The zero-order chi connectivity index (χ0) is 24.5. The molecule has 0 aliphatic carbocycles. The summed E-state index contributed by atoms with van der Waals surface area (Å²) < 4.78 is 22.3. The Morgan fingerprint density at radius 1 is 0.969 bits per heavy atom. The molecular formula is C23H49N2O6P. The van der Waals surface area contributed by atoms with E-state index in [1.165, 1.54) is 58.3 Å². The molecule has 9 heteroatoms. The minimum absolute atomic E-state index is 0.0103. The summed E-state index contributed by atoms with van der Waals surface area (Å²) in [6.07, 6.45) is 12.9. The van der Waals surface area contributed by atoms with E-state index in [4.69, 9.17) is 9.05 Å². The first-order chi connectivity index (χ1) is 15.0. The zero-order valence-electron chi connectivity index (χ0n) is 21.1. The summed E-state index contributed by atoms with van der Waals surface area (Å²) in [5, 5.41) is 13.0. The number of likely N-dealkylation sites (N-methyl/N-ethyl adjacent to an activating group) is 1. The van der Waals surface area contributed by atoms with Gasteiger partial charge < -0.3 is 28.8 Å². The molecule has 0 saturated heterocycles. The molecule has 0 aromatic heterocycles. The van der Waals surface area contributed by atoms with Crippen molar-refractivity contribution in [1.29, 1.82) is 0 Å². The summed E-state index contributed by atoms with van der Waals surface area (Å²) >= 11 is 0. The third-order valence-electron chi connectivity index (χ3n) is 5.38. The van der Waals surface area contributed by atoms with Crippen LogP contribution in [0, 0.1) is 0 Å². The van der Waals surface area contributed by atoms with Crippen LogP contribution in [0.4, 0.5) is 0 Å². The predicted octanol–water partition coefficient (Wildman–Crippen LogP) is 3.76. The number of hydrogen-bond donors (Lipinski definition) is 2. The van der Waals surface area contributed by atoms with E-state index < -0.39 is 20.0 Å². The first-order valence-corrected chi connectivity index (χ1v) is 13.8. The zero-order valence-corrected chi connectivity index (χ0v) is 22.0. The number of phosphoric acid groups is 1. The van der Waals surface area contributed by atoms with Crippen molar-refractivity contribution in [2.75, 3.05) is 40.9 Å². The second-order valence-electron chi connectivity index (χ2n) is 9.79. The molecule has 32 heavy (non-hydrogen) atoms. The number of nitrogens with one attached hydrogen (secondary N) is 1. The average Bonchev–Trinajstić information content (AvgIpc) is 2.67. The van der Waals surface area contributed by atoms with Gasteiger partial charge in [-0.25, -0.2) is 0 Å². The number of quaternary nitrogens is 1. The van der Waals surface area contributed by atoms with Gasteiger partial charge in [-0.15, -0.1) is 0 Å². The molecule has 0 rings (SSSR count). The van der Waals surface area contributed by atoms with Crippen LogP contribution in [0.1, 0.15) is 90.9 Å². The van der Waals surface area contributed by atoms with Crippen molar-refractivity contribution in [2.24, 2.45) is 0 Å². The molecule has 0 aliphatic heterocycles. The maximum Gasteiger partial charge on any atom is 0.268 e. The van der Waals surface area contributed by atoms with Crippen LogP contribution in [0.15, 0.2) is 0 Å². The number of phosphoric ester groups is 1. The van der Waals surface area contributed by atoms with E-state index in [0.717, 1.165) is 19.3 Å². The average molecular weight is 481 g/mol. The van der Waals surface area contributed by atoms with Gasteiger partial charge in [0.15, 0.2) is 0 Å². The molecule has 0 saturated carbocycles. The SMILES string of the molecule is CCCCCCCCCCCCCC(O)C(COP(=O)([O-])OCC[N+](C)(C)C)NC(C)=O. The lowest BCUT2D eigenvalue weighted by Crippen LogP contribution is -2.45. The highest BCUT2D eigenvalue weighted by atomic mass is 31.2. The molecule has 0 fully saturated rings. The van der Waals surface area contributed by atoms with E-state index in [0.29, 0.717) is 17.4 Å². The third-order valence-corrected chi connectivity index (χ3v) is 6.34. The van der Waals surface area contributed by atoms with Gasteiger partial charge in [0.05, 0.1) is 39.9 Å². The Kier molecular flexibility index (Phi) is 17.6. The van der Waals surface area contributed by atoms with Crippen molar-refractivity contribution < 1.29 is 32.9 Å². The molecule has 0 aromatic rings. The topological polar surface area (TPSA) is 108 Å². The van der Waals surface area contributed by atoms with Crippen molar-refractivity contribution in [3.63, 3.8) is 0 Å². The van der Waals surface area contributed by atoms with Crippen LogP contribution < -0.4 is 10.2 Å². The van der Waals surface area contributed by atoms with Crippen molar-refractivity contribution >= 4 is 13.7 Å². The van der Waals surface area contributed by atoms with Crippen LogP contribution in [-0.4, -0.2) is 68.5 Å². The fraction of sp³-hybridized carbons (Fsp3) is 0.957. The van der Waals surface area contributed by atoms with Crippen LogP contribution in [0.3, 0.4) is 0 Å². The molecule has 0 aliphatic rings. The standard InChI is InChI=1S/C23H49N2O6P/c1-6-7-8-9-10-11-12-13-14-15-16-17-23(27)22(24-21(2)26)20-31-32(28,29)30-19-18-25(3,4)5/h22-23,27H,6-20H2,1-5H3,(H-,24,26,28,29). The fourth-order valence-electron chi connectivity index (χ4n) is 3.36. The Labute approximate surface area is 196 Å². The molecule has 8 nitrogen and oxygen atoms in total. The molecule has 0 bridgehead atoms. The number of rotatable bonds is 21. The number of amides is 1. The van der Waals surface area contributed by atoms with Gasteiger partial charge in [-0.2, -0.15) is 0 Å². The number of carbonyl (C=O) groups is 1. The van der Waals surface area contributed by atoms with Crippen molar-refractivity contribution in [3.8, 4) is 0 Å². The highest BCUT2D eigenvalue weighted by Gasteiger charge is 2.23. The Morgan fingerprint density at radius 2 is 1.47 bits per heavy atom. The first-order valence-electron chi connectivity index (χ1n) is 12.3. The van der Waals surface area contributed by atoms with Gasteiger partial charge in [0.1, 0.15) is 13.2 Å². The summed E-state index contributed by atoms with van der Waals surface area (Å²) in [6.45, 7) is 3.73. The van der Waals surface area contributed by atoms with Crippen LogP contribution in [0.2, 0.25) is 0 Å². The van der Waals surface area contributed by atoms with E-state index in [1.54, 1.807) is 0 Å². The molecule has 3 atom stereocenters. The van der Waals surface area contributed by atoms with Crippen molar-refractivity contribution in [1.82, 2.24) is 5.32 Å². The minimum Gasteiger partial charge on any atom is -0.756 e. The molecular weight excluding hydrogens is 431 g/mol. The van der Waals surface area contributed by atoms with Crippen molar-refractivity contribution in [3.05, 3.63) is 0 Å². The number of carbonyl (C=O) groups excluding carboxylic acids is 1. The lowest BCUT2D eigenvalue weighted by atomic mass is 10.0. The highest BCUT2D eigenvalue weighted by Crippen LogP contribution is 2.38. The lowest BCUT2D eigenvalue weighted by Gasteiger charge is -2.29. The smallest absolute Gasteiger partial charge is 0.268 e. The summed E-state index contributed by atoms with van der Waals surface area (Å²) in [5.74, 6) is -0.344. The number of aliphatic hydroxyl groups excluding tert-OH is 1. The lowest BCUT2D eigenvalue weighted by molar-refractivity contribution is -0.870. The Balaban J connectivity index is 4.13. The van der Waals surface area contributed by atoms with Crippen LogP contribution >= 0.6 is 7.82 Å². The largest absolute Gasteiger partial charge is 0.756 e. The van der Waals surface area contributed by atoms with Gasteiger partial charge in [0.2, 0.25) is 5.91 Å². The highest BCUT2D eigenvalue weighted by molar-refractivity contribution is 7.45.